The normalized spacial score (nSPS) is 10.8. The van der Waals surface area contributed by atoms with Crippen LogP contribution in [0.2, 0.25) is 5.02 Å². The number of esters is 1. The minimum atomic E-state index is -3.56. The zero-order chi connectivity index (χ0) is 19.2. The van der Waals surface area contributed by atoms with Crippen molar-refractivity contribution in [3.05, 3.63) is 64.7 Å². The summed E-state index contributed by atoms with van der Waals surface area (Å²) in [6.07, 6.45) is 0.971. The molecule has 0 bridgehead atoms. The lowest BCUT2D eigenvalue weighted by Crippen LogP contribution is -2.28. The Kier molecular flexibility index (Phi) is 6.59. The van der Waals surface area contributed by atoms with Gasteiger partial charge in [-0.05, 0) is 29.8 Å². The minimum Gasteiger partial charge on any atom is -0.452 e. The summed E-state index contributed by atoms with van der Waals surface area (Å²) in [7, 11) is -3.56. The van der Waals surface area contributed by atoms with Crippen LogP contribution in [-0.4, -0.2) is 33.2 Å². The standard InChI is InChI=1S/C17H17ClN2O5S/c1-26(23,24)20-15-8-3-2-7-14(15)17(22)25-11-16(21)19-10-12-5-4-6-13(18)9-12/h2-9,20H,10-11H2,1H3,(H,19,21). The molecule has 0 aliphatic rings. The zero-order valence-electron chi connectivity index (χ0n) is 13.9. The van der Waals surface area contributed by atoms with Crippen molar-refractivity contribution < 1.29 is 22.7 Å². The highest BCUT2D eigenvalue weighted by molar-refractivity contribution is 7.92. The summed E-state index contributed by atoms with van der Waals surface area (Å²) in [6, 6.07) is 12.9. The Labute approximate surface area is 156 Å². The van der Waals surface area contributed by atoms with Gasteiger partial charge in [-0.3, -0.25) is 9.52 Å². The predicted octanol–water partition coefficient (Wildman–Crippen LogP) is 2.18. The number of anilines is 1. The lowest BCUT2D eigenvalue weighted by atomic mass is 10.2. The van der Waals surface area contributed by atoms with Crippen LogP contribution < -0.4 is 10.0 Å². The van der Waals surface area contributed by atoms with Gasteiger partial charge in [0.1, 0.15) is 0 Å². The molecule has 0 radical (unpaired) electrons. The number of ether oxygens (including phenoxy) is 1. The van der Waals surface area contributed by atoms with Crippen molar-refractivity contribution in [3.63, 3.8) is 0 Å². The molecule has 0 atom stereocenters. The van der Waals surface area contributed by atoms with E-state index in [2.05, 4.69) is 10.0 Å². The summed E-state index contributed by atoms with van der Waals surface area (Å²) in [5.41, 5.74) is 0.903. The lowest BCUT2D eigenvalue weighted by molar-refractivity contribution is -0.124. The largest absolute Gasteiger partial charge is 0.452 e. The summed E-state index contributed by atoms with van der Waals surface area (Å²) in [5, 5.41) is 3.15. The molecule has 2 aromatic rings. The third-order valence-electron chi connectivity index (χ3n) is 3.16. The maximum Gasteiger partial charge on any atom is 0.340 e. The number of carbonyl (C=O) groups is 2. The summed E-state index contributed by atoms with van der Waals surface area (Å²) in [4.78, 5) is 23.9. The van der Waals surface area contributed by atoms with Crippen LogP contribution in [0, 0.1) is 0 Å². The molecule has 0 saturated carbocycles. The molecule has 0 spiro atoms. The first-order valence-corrected chi connectivity index (χ1v) is 9.76. The molecule has 0 fully saturated rings. The fourth-order valence-corrected chi connectivity index (χ4v) is 2.85. The Hall–Kier alpha value is -2.58. The second-order valence-electron chi connectivity index (χ2n) is 5.40. The molecule has 2 aromatic carbocycles. The Morgan fingerprint density at radius 1 is 1.12 bits per heavy atom. The van der Waals surface area contributed by atoms with Gasteiger partial charge in [0.05, 0.1) is 17.5 Å². The van der Waals surface area contributed by atoms with Crippen molar-refractivity contribution in [2.24, 2.45) is 0 Å². The first-order valence-electron chi connectivity index (χ1n) is 7.50. The Morgan fingerprint density at radius 3 is 2.54 bits per heavy atom. The van der Waals surface area contributed by atoms with Crippen LogP contribution in [0.4, 0.5) is 5.69 Å². The molecule has 0 heterocycles. The van der Waals surface area contributed by atoms with E-state index in [0.717, 1.165) is 11.8 Å². The van der Waals surface area contributed by atoms with E-state index in [1.54, 1.807) is 36.4 Å². The van der Waals surface area contributed by atoms with Gasteiger partial charge < -0.3 is 10.1 Å². The average molecular weight is 397 g/mol. The zero-order valence-corrected chi connectivity index (χ0v) is 15.4. The number of benzene rings is 2. The second-order valence-corrected chi connectivity index (χ2v) is 7.59. The maximum atomic E-state index is 12.1. The number of rotatable bonds is 7. The van der Waals surface area contributed by atoms with E-state index in [1.807, 2.05) is 0 Å². The van der Waals surface area contributed by atoms with Gasteiger partial charge in [-0.1, -0.05) is 35.9 Å². The fraction of sp³-hybridized carbons (Fsp3) is 0.176. The molecule has 1 amide bonds. The molecule has 26 heavy (non-hydrogen) atoms. The summed E-state index contributed by atoms with van der Waals surface area (Å²) in [6.45, 7) is -0.254. The first-order chi connectivity index (χ1) is 12.2. The quantitative estimate of drug-likeness (QED) is 0.698. The topological polar surface area (TPSA) is 102 Å². The van der Waals surface area contributed by atoms with Crippen LogP contribution in [0.1, 0.15) is 15.9 Å². The molecule has 9 heteroatoms. The van der Waals surface area contributed by atoms with E-state index >= 15 is 0 Å². The van der Waals surface area contributed by atoms with Crippen molar-refractivity contribution in [1.29, 1.82) is 0 Å². The highest BCUT2D eigenvalue weighted by Gasteiger charge is 2.16. The molecule has 0 aromatic heterocycles. The van der Waals surface area contributed by atoms with E-state index < -0.39 is 28.5 Å². The van der Waals surface area contributed by atoms with Gasteiger partial charge in [-0.2, -0.15) is 0 Å². The van der Waals surface area contributed by atoms with Crippen LogP contribution in [0.15, 0.2) is 48.5 Å². The van der Waals surface area contributed by atoms with Crippen molar-refractivity contribution >= 4 is 39.2 Å². The van der Waals surface area contributed by atoms with Crippen LogP contribution in [0.25, 0.3) is 0 Å². The molecule has 0 unspecified atom stereocenters. The third-order valence-corrected chi connectivity index (χ3v) is 3.98. The number of para-hydroxylation sites is 1. The van der Waals surface area contributed by atoms with Crippen LogP contribution in [0.3, 0.4) is 0 Å². The van der Waals surface area contributed by atoms with E-state index in [9.17, 15) is 18.0 Å². The van der Waals surface area contributed by atoms with Crippen LogP contribution in [0.5, 0.6) is 0 Å². The monoisotopic (exact) mass is 396 g/mol. The SMILES string of the molecule is CS(=O)(=O)Nc1ccccc1C(=O)OCC(=O)NCc1cccc(Cl)c1. The van der Waals surface area contributed by atoms with Crippen molar-refractivity contribution in [2.75, 3.05) is 17.6 Å². The van der Waals surface area contributed by atoms with Crippen LogP contribution in [-0.2, 0) is 26.1 Å². The van der Waals surface area contributed by atoms with E-state index in [0.29, 0.717) is 5.02 Å². The minimum absolute atomic E-state index is 0.0144. The third kappa shape index (κ3) is 6.38. The predicted molar refractivity (Wildman–Crippen MR) is 98.5 cm³/mol. The Balaban J connectivity index is 1.91. The van der Waals surface area contributed by atoms with Gasteiger partial charge in [0, 0.05) is 11.6 Å². The Morgan fingerprint density at radius 2 is 1.85 bits per heavy atom. The highest BCUT2D eigenvalue weighted by Crippen LogP contribution is 2.17. The highest BCUT2D eigenvalue weighted by atomic mass is 35.5. The number of carbonyl (C=O) groups excluding carboxylic acids is 2. The van der Waals surface area contributed by atoms with Gasteiger partial charge in [0.15, 0.2) is 6.61 Å². The smallest absolute Gasteiger partial charge is 0.340 e. The van der Waals surface area contributed by atoms with Gasteiger partial charge in [-0.25, -0.2) is 13.2 Å². The number of halogens is 1. The summed E-state index contributed by atoms with van der Waals surface area (Å²) < 4.78 is 29.9. The van der Waals surface area contributed by atoms with Crippen molar-refractivity contribution in [1.82, 2.24) is 5.32 Å². The van der Waals surface area contributed by atoms with E-state index in [1.165, 1.54) is 12.1 Å². The van der Waals surface area contributed by atoms with E-state index in [-0.39, 0.29) is 17.8 Å². The van der Waals surface area contributed by atoms with Gasteiger partial charge in [0.25, 0.3) is 5.91 Å². The summed E-state index contributed by atoms with van der Waals surface area (Å²) >= 11 is 5.86. The maximum absolute atomic E-state index is 12.1. The van der Waals surface area contributed by atoms with Crippen molar-refractivity contribution in [2.45, 2.75) is 6.54 Å². The number of nitrogens with one attached hydrogen (secondary N) is 2. The lowest BCUT2D eigenvalue weighted by Gasteiger charge is -2.10. The number of sulfonamides is 1. The number of amides is 1. The van der Waals surface area contributed by atoms with E-state index in [4.69, 9.17) is 16.3 Å². The molecule has 138 valence electrons. The van der Waals surface area contributed by atoms with Gasteiger partial charge >= 0.3 is 5.97 Å². The van der Waals surface area contributed by atoms with Crippen molar-refractivity contribution in [3.8, 4) is 0 Å². The molecule has 0 aliphatic carbocycles. The molecule has 0 saturated heterocycles. The number of hydrogen-bond acceptors (Lipinski definition) is 5. The molecular weight excluding hydrogens is 380 g/mol. The van der Waals surface area contributed by atoms with Crippen LogP contribution >= 0.6 is 11.6 Å². The average Bonchev–Trinajstić information content (AvgIpc) is 2.57. The van der Waals surface area contributed by atoms with Gasteiger partial charge in [-0.15, -0.1) is 0 Å². The summed E-state index contributed by atoms with van der Waals surface area (Å²) in [5.74, 6) is -1.30. The Bertz CT molecular complexity index is 915. The molecule has 0 aliphatic heterocycles. The number of hydrogen-bond donors (Lipinski definition) is 2. The second kappa shape index (κ2) is 8.68. The molecular formula is C17H17ClN2O5S. The molecule has 2 rings (SSSR count). The molecule has 7 nitrogen and oxygen atoms in total. The fourth-order valence-electron chi connectivity index (χ4n) is 2.06. The first kappa shape index (κ1) is 19.7. The molecule has 2 N–H and O–H groups in total. The van der Waals surface area contributed by atoms with Gasteiger partial charge in [0.2, 0.25) is 10.0 Å².